The van der Waals surface area contributed by atoms with Crippen LogP contribution in [0, 0.1) is 5.92 Å². The van der Waals surface area contributed by atoms with Crippen molar-refractivity contribution < 1.29 is 9.53 Å². The first-order chi connectivity index (χ1) is 8.68. The summed E-state index contributed by atoms with van der Waals surface area (Å²) in [5.74, 6) is 0.556. The predicted octanol–water partition coefficient (Wildman–Crippen LogP) is 1.62. The molecule has 0 aliphatic carbocycles. The summed E-state index contributed by atoms with van der Waals surface area (Å²) in [4.78, 5) is 12.0. The highest BCUT2D eigenvalue weighted by molar-refractivity contribution is 5.92. The minimum atomic E-state index is -0.0416. The fraction of sp³-hybridized carbons (Fsp3) is 0.692. The molecule has 1 N–H and O–H groups in total. The van der Waals surface area contributed by atoms with Crippen LogP contribution in [0.15, 0.2) is 12.3 Å². The summed E-state index contributed by atoms with van der Waals surface area (Å²) in [7, 11) is 0. The van der Waals surface area contributed by atoms with Gasteiger partial charge in [-0.25, -0.2) is 0 Å². The van der Waals surface area contributed by atoms with Crippen molar-refractivity contribution in [3.8, 4) is 0 Å². The van der Waals surface area contributed by atoms with Gasteiger partial charge in [-0.3, -0.25) is 9.48 Å². The quantitative estimate of drug-likeness (QED) is 0.865. The van der Waals surface area contributed by atoms with Gasteiger partial charge in [-0.15, -0.1) is 0 Å². The van der Waals surface area contributed by atoms with Crippen molar-refractivity contribution in [1.82, 2.24) is 15.1 Å². The zero-order valence-corrected chi connectivity index (χ0v) is 11.1. The van der Waals surface area contributed by atoms with Crippen LogP contribution >= 0.6 is 0 Å². The molecule has 1 aliphatic rings. The lowest BCUT2D eigenvalue weighted by molar-refractivity contribution is 0.0938. The highest BCUT2D eigenvalue weighted by Gasteiger charge is 2.17. The zero-order chi connectivity index (χ0) is 13.0. The molecule has 1 aromatic heterocycles. The molecule has 2 rings (SSSR count). The van der Waals surface area contributed by atoms with Gasteiger partial charge in [-0.2, -0.15) is 5.10 Å². The average molecular weight is 251 g/mol. The summed E-state index contributed by atoms with van der Waals surface area (Å²) in [5, 5.41) is 7.11. The SMILES string of the molecule is CC(C)n1nccc1C(=O)NCCC1CCOC1. The Morgan fingerprint density at radius 2 is 2.50 bits per heavy atom. The lowest BCUT2D eigenvalue weighted by Gasteiger charge is -2.12. The van der Waals surface area contributed by atoms with E-state index < -0.39 is 0 Å². The number of aromatic nitrogens is 2. The van der Waals surface area contributed by atoms with E-state index in [-0.39, 0.29) is 11.9 Å². The molecular formula is C13H21N3O2. The molecule has 0 radical (unpaired) electrons. The maximum absolute atomic E-state index is 12.0. The molecule has 1 aromatic rings. The maximum atomic E-state index is 12.0. The minimum Gasteiger partial charge on any atom is -0.381 e. The summed E-state index contributed by atoms with van der Waals surface area (Å²) >= 11 is 0. The fourth-order valence-corrected chi connectivity index (χ4v) is 2.20. The lowest BCUT2D eigenvalue weighted by Crippen LogP contribution is -2.28. The molecule has 1 unspecified atom stereocenters. The Morgan fingerprint density at radius 3 is 3.17 bits per heavy atom. The van der Waals surface area contributed by atoms with Crippen molar-refractivity contribution in [2.24, 2.45) is 5.92 Å². The van der Waals surface area contributed by atoms with Crippen molar-refractivity contribution in [3.63, 3.8) is 0 Å². The van der Waals surface area contributed by atoms with Gasteiger partial charge in [0.1, 0.15) is 5.69 Å². The number of hydrogen-bond donors (Lipinski definition) is 1. The van der Waals surface area contributed by atoms with Gasteiger partial charge in [0.15, 0.2) is 0 Å². The zero-order valence-electron chi connectivity index (χ0n) is 11.1. The van der Waals surface area contributed by atoms with Crippen LogP contribution in [0.25, 0.3) is 0 Å². The van der Waals surface area contributed by atoms with E-state index in [0.29, 0.717) is 18.2 Å². The third-order valence-electron chi connectivity index (χ3n) is 3.25. The van der Waals surface area contributed by atoms with E-state index in [4.69, 9.17) is 4.74 Å². The van der Waals surface area contributed by atoms with E-state index in [2.05, 4.69) is 10.4 Å². The Balaban J connectivity index is 1.81. The predicted molar refractivity (Wildman–Crippen MR) is 68.5 cm³/mol. The van der Waals surface area contributed by atoms with Crippen LogP contribution in [0.2, 0.25) is 0 Å². The van der Waals surface area contributed by atoms with Gasteiger partial charge >= 0.3 is 0 Å². The van der Waals surface area contributed by atoms with Crippen LogP contribution in [0.4, 0.5) is 0 Å². The third kappa shape index (κ3) is 3.10. The Kier molecular flexibility index (Phi) is 4.36. The maximum Gasteiger partial charge on any atom is 0.269 e. The molecule has 0 saturated carbocycles. The second-order valence-corrected chi connectivity index (χ2v) is 5.03. The first-order valence-corrected chi connectivity index (χ1v) is 6.58. The lowest BCUT2D eigenvalue weighted by atomic mass is 10.1. The molecule has 0 spiro atoms. The van der Waals surface area contributed by atoms with Crippen molar-refractivity contribution in [1.29, 1.82) is 0 Å². The molecule has 0 aromatic carbocycles. The molecule has 2 heterocycles. The van der Waals surface area contributed by atoms with Crippen molar-refractivity contribution >= 4 is 5.91 Å². The summed E-state index contributed by atoms with van der Waals surface area (Å²) in [6.45, 7) is 6.42. The number of carbonyl (C=O) groups excluding carboxylic acids is 1. The molecule has 18 heavy (non-hydrogen) atoms. The summed E-state index contributed by atoms with van der Waals surface area (Å²) in [5.41, 5.74) is 0.632. The molecular weight excluding hydrogens is 230 g/mol. The van der Waals surface area contributed by atoms with E-state index in [1.807, 2.05) is 13.8 Å². The van der Waals surface area contributed by atoms with Gasteiger partial charge in [0.25, 0.3) is 5.91 Å². The summed E-state index contributed by atoms with van der Waals surface area (Å²) in [6, 6.07) is 1.96. The van der Waals surface area contributed by atoms with E-state index in [1.54, 1.807) is 16.9 Å². The molecule has 1 fully saturated rings. The number of hydrogen-bond acceptors (Lipinski definition) is 3. The molecule has 5 nitrogen and oxygen atoms in total. The molecule has 1 aliphatic heterocycles. The molecule has 100 valence electrons. The molecule has 1 saturated heterocycles. The Morgan fingerprint density at radius 1 is 1.67 bits per heavy atom. The smallest absolute Gasteiger partial charge is 0.269 e. The summed E-state index contributed by atoms with van der Waals surface area (Å²) < 4.78 is 7.05. The second-order valence-electron chi connectivity index (χ2n) is 5.03. The van der Waals surface area contributed by atoms with Crippen LogP contribution in [0.3, 0.4) is 0 Å². The van der Waals surface area contributed by atoms with Gasteiger partial charge in [-0.05, 0) is 38.7 Å². The molecule has 1 atom stereocenters. The second kappa shape index (κ2) is 6.00. The van der Waals surface area contributed by atoms with Gasteiger partial charge in [-0.1, -0.05) is 0 Å². The largest absolute Gasteiger partial charge is 0.381 e. The van der Waals surface area contributed by atoms with Crippen molar-refractivity contribution in [3.05, 3.63) is 18.0 Å². The Bertz CT molecular complexity index is 395. The van der Waals surface area contributed by atoms with E-state index in [9.17, 15) is 4.79 Å². The summed E-state index contributed by atoms with van der Waals surface area (Å²) in [6.07, 6.45) is 3.76. The standard InChI is InChI=1S/C13H21N3O2/c1-10(2)16-12(4-7-15-16)13(17)14-6-3-11-5-8-18-9-11/h4,7,10-11H,3,5-6,8-9H2,1-2H3,(H,14,17). The number of ether oxygens (including phenoxy) is 1. The number of nitrogens with zero attached hydrogens (tertiary/aromatic N) is 2. The topological polar surface area (TPSA) is 56.2 Å². The molecule has 0 bridgehead atoms. The minimum absolute atomic E-state index is 0.0416. The van der Waals surface area contributed by atoms with Crippen molar-refractivity contribution in [2.75, 3.05) is 19.8 Å². The molecule has 5 heteroatoms. The third-order valence-corrected chi connectivity index (χ3v) is 3.25. The fourth-order valence-electron chi connectivity index (χ4n) is 2.20. The average Bonchev–Trinajstić information content (AvgIpc) is 2.99. The number of nitrogens with one attached hydrogen (secondary N) is 1. The first kappa shape index (κ1) is 13.1. The van der Waals surface area contributed by atoms with Crippen LogP contribution in [0.5, 0.6) is 0 Å². The Hall–Kier alpha value is -1.36. The number of amides is 1. The number of carbonyl (C=O) groups is 1. The number of rotatable bonds is 5. The van der Waals surface area contributed by atoms with E-state index >= 15 is 0 Å². The van der Waals surface area contributed by atoms with Crippen LogP contribution in [-0.4, -0.2) is 35.4 Å². The highest BCUT2D eigenvalue weighted by atomic mass is 16.5. The van der Waals surface area contributed by atoms with Gasteiger partial charge < -0.3 is 10.1 Å². The van der Waals surface area contributed by atoms with Gasteiger partial charge in [0, 0.05) is 32.0 Å². The molecule has 1 amide bonds. The monoisotopic (exact) mass is 251 g/mol. The van der Waals surface area contributed by atoms with E-state index in [0.717, 1.165) is 26.1 Å². The normalized spacial score (nSPS) is 19.4. The van der Waals surface area contributed by atoms with E-state index in [1.165, 1.54) is 0 Å². The van der Waals surface area contributed by atoms with Crippen molar-refractivity contribution in [2.45, 2.75) is 32.7 Å². The van der Waals surface area contributed by atoms with Crippen LogP contribution in [0.1, 0.15) is 43.2 Å². The highest BCUT2D eigenvalue weighted by Crippen LogP contribution is 2.15. The first-order valence-electron chi connectivity index (χ1n) is 6.58. The van der Waals surface area contributed by atoms with Crippen LogP contribution < -0.4 is 5.32 Å². The van der Waals surface area contributed by atoms with Crippen LogP contribution in [-0.2, 0) is 4.74 Å². The van der Waals surface area contributed by atoms with Gasteiger partial charge in [0.05, 0.1) is 0 Å². The van der Waals surface area contributed by atoms with Gasteiger partial charge in [0.2, 0.25) is 0 Å². The Labute approximate surface area is 108 Å².